The van der Waals surface area contributed by atoms with Gasteiger partial charge >= 0.3 is 0 Å². The van der Waals surface area contributed by atoms with Crippen molar-refractivity contribution in [2.24, 2.45) is 11.8 Å². The fraction of sp³-hybridized carbons (Fsp3) is 0.917. The molecule has 0 unspecified atom stereocenters. The van der Waals surface area contributed by atoms with Gasteiger partial charge in [0, 0.05) is 12.5 Å². The summed E-state index contributed by atoms with van der Waals surface area (Å²) >= 11 is 0. The maximum atomic E-state index is 11.6. The summed E-state index contributed by atoms with van der Waals surface area (Å²) in [6.45, 7) is 8.94. The van der Waals surface area contributed by atoms with Crippen molar-refractivity contribution in [1.82, 2.24) is 5.32 Å². The Morgan fingerprint density at radius 2 is 2.00 bits per heavy atom. The van der Waals surface area contributed by atoms with Crippen molar-refractivity contribution in [1.29, 1.82) is 0 Å². The Bertz CT molecular complexity index is 208. The van der Waals surface area contributed by atoms with Crippen molar-refractivity contribution in [2.75, 3.05) is 6.61 Å². The third-order valence-corrected chi connectivity index (χ3v) is 2.92. The first-order valence-electron chi connectivity index (χ1n) is 5.94. The number of carbonyl (C=O) groups excluding carboxylic acids is 1. The number of ether oxygens (including phenoxy) is 1. The number of carbonyl (C=O) groups is 1. The fourth-order valence-corrected chi connectivity index (χ4v) is 1.91. The standard InChI is InChI=1S/C12H23NO2/c1-8(2)11(10-6-5-7-15-10)13-12(14)9(3)4/h8-11H,5-7H2,1-4H3,(H,13,14)/t10-,11+/m1/s1. The Kier molecular flexibility index (Phi) is 4.58. The lowest BCUT2D eigenvalue weighted by Crippen LogP contribution is -2.47. The smallest absolute Gasteiger partial charge is 0.222 e. The molecule has 88 valence electrons. The summed E-state index contributed by atoms with van der Waals surface area (Å²) in [6.07, 6.45) is 2.40. The summed E-state index contributed by atoms with van der Waals surface area (Å²) in [5, 5.41) is 3.09. The monoisotopic (exact) mass is 213 g/mol. The van der Waals surface area contributed by atoms with E-state index in [4.69, 9.17) is 4.74 Å². The lowest BCUT2D eigenvalue weighted by molar-refractivity contribution is -0.126. The van der Waals surface area contributed by atoms with Crippen molar-refractivity contribution >= 4 is 5.91 Å². The molecule has 0 bridgehead atoms. The van der Waals surface area contributed by atoms with E-state index in [2.05, 4.69) is 19.2 Å². The van der Waals surface area contributed by atoms with Crippen molar-refractivity contribution in [2.45, 2.75) is 52.7 Å². The average molecular weight is 213 g/mol. The number of rotatable bonds is 4. The molecule has 1 N–H and O–H groups in total. The maximum absolute atomic E-state index is 11.6. The van der Waals surface area contributed by atoms with Gasteiger partial charge in [-0.15, -0.1) is 0 Å². The zero-order valence-corrected chi connectivity index (χ0v) is 10.2. The molecule has 1 fully saturated rings. The lowest BCUT2D eigenvalue weighted by atomic mass is 9.96. The molecule has 1 rings (SSSR count). The molecular formula is C12H23NO2. The van der Waals surface area contributed by atoms with Gasteiger partial charge in [0.1, 0.15) is 0 Å². The minimum absolute atomic E-state index is 0.0488. The molecular weight excluding hydrogens is 190 g/mol. The van der Waals surface area contributed by atoms with E-state index >= 15 is 0 Å². The molecule has 0 aromatic rings. The highest BCUT2D eigenvalue weighted by molar-refractivity contribution is 5.78. The van der Waals surface area contributed by atoms with E-state index < -0.39 is 0 Å². The summed E-state index contributed by atoms with van der Waals surface area (Å²) in [6, 6.07) is 0.169. The van der Waals surface area contributed by atoms with Gasteiger partial charge in [-0.3, -0.25) is 4.79 Å². The Morgan fingerprint density at radius 3 is 2.40 bits per heavy atom. The minimum atomic E-state index is 0.0488. The van der Waals surface area contributed by atoms with Gasteiger partial charge in [-0.05, 0) is 18.8 Å². The highest BCUT2D eigenvalue weighted by Crippen LogP contribution is 2.20. The first-order chi connectivity index (χ1) is 7.02. The molecule has 1 aliphatic rings. The molecule has 2 atom stereocenters. The lowest BCUT2D eigenvalue weighted by Gasteiger charge is -2.28. The van der Waals surface area contributed by atoms with Crippen LogP contribution in [0.2, 0.25) is 0 Å². The normalized spacial score (nSPS) is 23.5. The Labute approximate surface area is 92.6 Å². The van der Waals surface area contributed by atoms with E-state index in [1.54, 1.807) is 0 Å². The molecule has 0 spiro atoms. The van der Waals surface area contributed by atoms with Gasteiger partial charge < -0.3 is 10.1 Å². The first kappa shape index (κ1) is 12.5. The van der Waals surface area contributed by atoms with Gasteiger partial charge in [0.25, 0.3) is 0 Å². The topological polar surface area (TPSA) is 38.3 Å². The van der Waals surface area contributed by atoms with Crippen LogP contribution in [0.3, 0.4) is 0 Å². The van der Waals surface area contributed by atoms with Gasteiger partial charge in [0.15, 0.2) is 0 Å². The van der Waals surface area contributed by atoms with E-state index in [0.717, 1.165) is 19.4 Å². The molecule has 1 heterocycles. The number of amides is 1. The van der Waals surface area contributed by atoms with Crippen LogP contribution in [0.4, 0.5) is 0 Å². The zero-order chi connectivity index (χ0) is 11.4. The predicted molar refractivity (Wildman–Crippen MR) is 60.6 cm³/mol. The number of nitrogens with one attached hydrogen (secondary N) is 1. The quantitative estimate of drug-likeness (QED) is 0.775. The molecule has 1 amide bonds. The van der Waals surface area contributed by atoms with Crippen molar-refractivity contribution in [3.05, 3.63) is 0 Å². The second-order valence-corrected chi connectivity index (χ2v) is 4.98. The number of hydrogen-bond donors (Lipinski definition) is 1. The first-order valence-corrected chi connectivity index (χ1v) is 5.94. The second-order valence-electron chi connectivity index (χ2n) is 4.98. The maximum Gasteiger partial charge on any atom is 0.222 e. The summed E-state index contributed by atoms with van der Waals surface area (Å²) in [5.41, 5.74) is 0. The van der Waals surface area contributed by atoms with E-state index in [0.29, 0.717) is 5.92 Å². The molecule has 0 radical (unpaired) electrons. The van der Waals surface area contributed by atoms with Crippen LogP contribution in [0.25, 0.3) is 0 Å². The van der Waals surface area contributed by atoms with Crippen LogP contribution < -0.4 is 5.32 Å². The van der Waals surface area contributed by atoms with Crippen LogP contribution in [0, 0.1) is 11.8 Å². The van der Waals surface area contributed by atoms with Crippen molar-refractivity contribution in [3.63, 3.8) is 0 Å². The van der Waals surface area contributed by atoms with Gasteiger partial charge in [-0.1, -0.05) is 27.7 Å². The highest BCUT2D eigenvalue weighted by Gasteiger charge is 2.29. The van der Waals surface area contributed by atoms with Crippen LogP contribution in [0.15, 0.2) is 0 Å². The Balaban J connectivity index is 2.54. The largest absolute Gasteiger partial charge is 0.376 e. The van der Waals surface area contributed by atoms with Gasteiger partial charge in [0.2, 0.25) is 5.91 Å². The summed E-state index contributed by atoms with van der Waals surface area (Å²) < 4.78 is 5.64. The van der Waals surface area contributed by atoms with Crippen LogP contribution in [-0.4, -0.2) is 24.7 Å². The molecule has 3 heteroatoms. The van der Waals surface area contributed by atoms with Crippen LogP contribution in [0.1, 0.15) is 40.5 Å². The molecule has 0 saturated carbocycles. The molecule has 1 saturated heterocycles. The van der Waals surface area contributed by atoms with Gasteiger partial charge in [-0.2, -0.15) is 0 Å². The van der Waals surface area contributed by atoms with E-state index in [1.165, 1.54) is 0 Å². The van der Waals surface area contributed by atoms with Crippen LogP contribution >= 0.6 is 0 Å². The second kappa shape index (κ2) is 5.50. The summed E-state index contributed by atoms with van der Waals surface area (Å²) in [5.74, 6) is 0.604. The zero-order valence-electron chi connectivity index (χ0n) is 10.2. The number of hydrogen-bond acceptors (Lipinski definition) is 2. The van der Waals surface area contributed by atoms with E-state index in [1.807, 2.05) is 13.8 Å². The Hall–Kier alpha value is -0.570. The molecule has 0 aliphatic carbocycles. The van der Waals surface area contributed by atoms with Crippen molar-refractivity contribution in [3.8, 4) is 0 Å². The summed E-state index contributed by atoms with van der Waals surface area (Å²) in [7, 11) is 0. The van der Waals surface area contributed by atoms with E-state index in [9.17, 15) is 4.79 Å². The Morgan fingerprint density at radius 1 is 1.33 bits per heavy atom. The van der Waals surface area contributed by atoms with Crippen LogP contribution in [-0.2, 0) is 9.53 Å². The molecule has 0 aromatic carbocycles. The fourth-order valence-electron chi connectivity index (χ4n) is 1.91. The highest BCUT2D eigenvalue weighted by atomic mass is 16.5. The molecule has 0 aromatic heterocycles. The predicted octanol–water partition coefficient (Wildman–Crippen LogP) is 1.96. The minimum Gasteiger partial charge on any atom is -0.376 e. The van der Waals surface area contributed by atoms with Crippen molar-refractivity contribution < 1.29 is 9.53 Å². The van der Waals surface area contributed by atoms with Gasteiger partial charge in [0.05, 0.1) is 12.1 Å². The molecule has 3 nitrogen and oxygen atoms in total. The third kappa shape index (κ3) is 3.49. The van der Waals surface area contributed by atoms with E-state index in [-0.39, 0.29) is 24.0 Å². The third-order valence-electron chi connectivity index (χ3n) is 2.92. The molecule has 15 heavy (non-hydrogen) atoms. The summed E-state index contributed by atoms with van der Waals surface area (Å²) in [4.78, 5) is 11.6. The average Bonchev–Trinajstić information content (AvgIpc) is 2.65. The SMILES string of the molecule is CC(C)C(=O)N[C@@H](C(C)C)[C@H]1CCCO1. The molecule has 1 aliphatic heterocycles. The van der Waals surface area contributed by atoms with Gasteiger partial charge in [-0.25, -0.2) is 0 Å². The van der Waals surface area contributed by atoms with Crippen LogP contribution in [0.5, 0.6) is 0 Å².